The third-order valence-corrected chi connectivity index (χ3v) is 3.33. The van der Waals surface area contributed by atoms with Crippen LogP contribution in [0.2, 0.25) is 0 Å². The predicted molar refractivity (Wildman–Crippen MR) is 74.7 cm³/mol. The topological polar surface area (TPSA) is 82.5 Å². The molecule has 106 valence electrons. The monoisotopic (exact) mass is 285 g/mol. The summed E-state index contributed by atoms with van der Waals surface area (Å²) in [7, 11) is 1.63. The van der Waals surface area contributed by atoms with Crippen molar-refractivity contribution in [2.75, 3.05) is 18.9 Å². The van der Waals surface area contributed by atoms with Crippen LogP contribution in [0.1, 0.15) is 38.3 Å². The van der Waals surface area contributed by atoms with E-state index in [0.29, 0.717) is 24.0 Å². The Morgan fingerprint density at radius 1 is 1.53 bits per heavy atom. The molecule has 0 spiro atoms. The van der Waals surface area contributed by atoms with Crippen molar-refractivity contribution < 1.29 is 14.7 Å². The van der Waals surface area contributed by atoms with Crippen LogP contribution in [0.15, 0.2) is 5.38 Å². The fourth-order valence-corrected chi connectivity index (χ4v) is 2.23. The van der Waals surface area contributed by atoms with Gasteiger partial charge < -0.3 is 10.0 Å². The van der Waals surface area contributed by atoms with Gasteiger partial charge in [-0.1, -0.05) is 13.8 Å². The first-order valence-electron chi connectivity index (χ1n) is 6.09. The number of carboxylic acids is 1. The Labute approximate surface area is 116 Å². The molecule has 0 bridgehead atoms. The summed E-state index contributed by atoms with van der Waals surface area (Å²) >= 11 is 1.39. The zero-order valence-electron chi connectivity index (χ0n) is 11.3. The van der Waals surface area contributed by atoms with Crippen LogP contribution in [0.5, 0.6) is 0 Å². The Morgan fingerprint density at radius 2 is 2.21 bits per heavy atom. The second kappa shape index (κ2) is 7.08. The number of amides is 2. The fourth-order valence-electron chi connectivity index (χ4n) is 1.36. The average Bonchev–Trinajstić information content (AvgIpc) is 2.76. The summed E-state index contributed by atoms with van der Waals surface area (Å²) in [5, 5.41) is 13.7. The van der Waals surface area contributed by atoms with E-state index < -0.39 is 5.97 Å². The van der Waals surface area contributed by atoms with Crippen molar-refractivity contribution in [3.63, 3.8) is 0 Å². The normalized spacial score (nSPS) is 10.5. The molecule has 0 aliphatic rings. The summed E-state index contributed by atoms with van der Waals surface area (Å²) in [5.41, 5.74) is 0.953. The number of urea groups is 1. The highest BCUT2D eigenvalue weighted by Crippen LogP contribution is 2.21. The second-order valence-electron chi connectivity index (χ2n) is 4.58. The molecule has 2 N–H and O–H groups in total. The number of hydrogen-bond acceptors (Lipinski definition) is 4. The molecular weight excluding hydrogens is 266 g/mol. The minimum atomic E-state index is -0.852. The lowest BCUT2D eigenvalue weighted by atomic mass is 10.2. The van der Waals surface area contributed by atoms with Crippen LogP contribution in [0.25, 0.3) is 0 Å². The summed E-state index contributed by atoms with van der Waals surface area (Å²) in [6.07, 6.45) is 0.501. The van der Waals surface area contributed by atoms with Crippen LogP contribution >= 0.6 is 11.3 Å². The highest BCUT2D eigenvalue weighted by atomic mass is 32.1. The molecule has 0 saturated heterocycles. The van der Waals surface area contributed by atoms with Crippen LogP contribution in [-0.2, 0) is 4.79 Å². The first-order chi connectivity index (χ1) is 8.90. The maximum atomic E-state index is 11.8. The van der Waals surface area contributed by atoms with Crippen molar-refractivity contribution in [2.45, 2.75) is 32.6 Å². The van der Waals surface area contributed by atoms with Gasteiger partial charge in [0.25, 0.3) is 0 Å². The second-order valence-corrected chi connectivity index (χ2v) is 5.44. The number of carbonyl (C=O) groups excluding carboxylic acids is 1. The van der Waals surface area contributed by atoms with Gasteiger partial charge in [0.1, 0.15) is 0 Å². The number of aromatic nitrogens is 1. The van der Waals surface area contributed by atoms with Gasteiger partial charge in [-0.25, -0.2) is 9.78 Å². The zero-order chi connectivity index (χ0) is 14.4. The van der Waals surface area contributed by atoms with E-state index in [2.05, 4.69) is 10.3 Å². The molecule has 0 saturated carbocycles. The first kappa shape index (κ1) is 15.4. The van der Waals surface area contributed by atoms with Gasteiger partial charge in [0.15, 0.2) is 5.13 Å². The van der Waals surface area contributed by atoms with Gasteiger partial charge in [0.2, 0.25) is 0 Å². The number of rotatable bonds is 6. The van der Waals surface area contributed by atoms with Crippen LogP contribution in [0, 0.1) is 0 Å². The maximum Gasteiger partial charge on any atom is 0.323 e. The van der Waals surface area contributed by atoms with Crippen LogP contribution in [0.4, 0.5) is 9.93 Å². The predicted octanol–water partition coefficient (Wildman–Crippen LogP) is 2.60. The zero-order valence-corrected chi connectivity index (χ0v) is 12.2. The lowest BCUT2D eigenvalue weighted by Gasteiger charge is -2.16. The number of nitrogens with zero attached hydrogens (tertiary/aromatic N) is 2. The summed E-state index contributed by atoms with van der Waals surface area (Å²) in [6.45, 7) is 4.48. The number of thiazole rings is 1. The number of aliphatic carboxylic acids is 1. The van der Waals surface area contributed by atoms with Crippen LogP contribution in [0.3, 0.4) is 0 Å². The van der Waals surface area contributed by atoms with Gasteiger partial charge in [0, 0.05) is 25.4 Å². The Balaban J connectivity index is 2.42. The van der Waals surface area contributed by atoms with Gasteiger partial charge in [0.05, 0.1) is 5.69 Å². The van der Waals surface area contributed by atoms with Crippen molar-refractivity contribution in [1.29, 1.82) is 0 Å². The minimum Gasteiger partial charge on any atom is -0.481 e. The SMILES string of the molecule is CC(C)c1csc(NC(=O)N(C)CCCC(=O)O)n1. The van der Waals surface area contributed by atoms with E-state index in [0.717, 1.165) is 5.69 Å². The molecule has 1 aromatic heterocycles. The first-order valence-corrected chi connectivity index (χ1v) is 6.97. The smallest absolute Gasteiger partial charge is 0.323 e. The number of carbonyl (C=O) groups is 2. The highest BCUT2D eigenvalue weighted by molar-refractivity contribution is 7.13. The third-order valence-electron chi connectivity index (χ3n) is 2.56. The van der Waals surface area contributed by atoms with E-state index in [1.54, 1.807) is 7.05 Å². The van der Waals surface area contributed by atoms with Crippen molar-refractivity contribution in [3.05, 3.63) is 11.1 Å². The van der Waals surface area contributed by atoms with Crippen molar-refractivity contribution in [1.82, 2.24) is 9.88 Å². The van der Waals surface area contributed by atoms with Crippen molar-refractivity contribution in [3.8, 4) is 0 Å². The molecule has 0 aliphatic carbocycles. The van der Waals surface area contributed by atoms with E-state index in [9.17, 15) is 9.59 Å². The minimum absolute atomic E-state index is 0.0619. The van der Waals surface area contributed by atoms with Gasteiger partial charge >= 0.3 is 12.0 Å². The van der Waals surface area contributed by atoms with Gasteiger partial charge in [-0.05, 0) is 12.3 Å². The molecular formula is C12H19N3O3S. The number of hydrogen-bond donors (Lipinski definition) is 2. The van der Waals surface area contributed by atoms with Crippen LogP contribution < -0.4 is 5.32 Å². The lowest BCUT2D eigenvalue weighted by molar-refractivity contribution is -0.137. The van der Waals surface area contributed by atoms with Crippen molar-refractivity contribution >= 4 is 28.5 Å². The summed E-state index contributed by atoms with van der Waals surface area (Å²) in [6, 6.07) is -0.268. The van der Waals surface area contributed by atoms with Gasteiger partial charge in [-0.15, -0.1) is 11.3 Å². The highest BCUT2D eigenvalue weighted by Gasteiger charge is 2.12. The summed E-state index contributed by atoms with van der Waals surface area (Å²) in [5.74, 6) is -0.523. The quantitative estimate of drug-likeness (QED) is 0.841. The molecule has 19 heavy (non-hydrogen) atoms. The molecule has 0 atom stereocenters. The molecule has 7 heteroatoms. The van der Waals surface area contributed by atoms with Gasteiger partial charge in [-0.2, -0.15) is 0 Å². The largest absolute Gasteiger partial charge is 0.481 e. The lowest BCUT2D eigenvalue weighted by Crippen LogP contribution is -2.32. The molecule has 0 radical (unpaired) electrons. The molecule has 1 rings (SSSR count). The molecule has 1 aromatic rings. The van der Waals surface area contributed by atoms with E-state index >= 15 is 0 Å². The number of nitrogens with one attached hydrogen (secondary N) is 1. The summed E-state index contributed by atoms with van der Waals surface area (Å²) < 4.78 is 0. The molecule has 0 aromatic carbocycles. The fraction of sp³-hybridized carbons (Fsp3) is 0.583. The third kappa shape index (κ3) is 5.25. The molecule has 0 aliphatic heterocycles. The van der Waals surface area contributed by atoms with E-state index in [-0.39, 0.29) is 12.5 Å². The Bertz CT molecular complexity index is 445. The van der Waals surface area contributed by atoms with Crippen LogP contribution in [-0.4, -0.2) is 40.6 Å². The standard InChI is InChI=1S/C12H19N3O3S/c1-8(2)9-7-19-11(13-9)14-12(18)15(3)6-4-5-10(16)17/h7-8H,4-6H2,1-3H3,(H,16,17)(H,13,14,18). The number of anilines is 1. The van der Waals surface area contributed by atoms with Crippen molar-refractivity contribution in [2.24, 2.45) is 0 Å². The van der Waals surface area contributed by atoms with Gasteiger partial charge in [-0.3, -0.25) is 10.1 Å². The molecule has 0 unspecified atom stereocenters. The molecule has 6 nitrogen and oxygen atoms in total. The average molecular weight is 285 g/mol. The molecule has 2 amide bonds. The van der Waals surface area contributed by atoms with E-state index in [1.807, 2.05) is 19.2 Å². The Hall–Kier alpha value is -1.63. The molecule has 0 fully saturated rings. The Morgan fingerprint density at radius 3 is 2.74 bits per heavy atom. The Kier molecular flexibility index (Phi) is 5.75. The maximum absolute atomic E-state index is 11.8. The number of carboxylic acid groups (broad SMARTS) is 1. The summed E-state index contributed by atoms with van der Waals surface area (Å²) in [4.78, 5) is 27.9. The van der Waals surface area contributed by atoms with E-state index in [4.69, 9.17) is 5.11 Å². The molecule has 1 heterocycles. The van der Waals surface area contributed by atoms with E-state index in [1.165, 1.54) is 16.2 Å².